The molecule has 0 saturated carbocycles. The molecule has 2 rings (SSSR count). The molecule has 0 spiro atoms. The van der Waals surface area contributed by atoms with Crippen LogP contribution in [-0.2, 0) is 23.1 Å². The Bertz CT molecular complexity index is 482. The van der Waals surface area contributed by atoms with Gasteiger partial charge in [0.15, 0.2) is 0 Å². The summed E-state index contributed by atoms with van der Waals surface area (Å²) in [5.74, 6) is 0. The average Bonchev–Trinajstić information content (AvgIpc) is 3.05. The molecular weight excluding hydrogens is 380 g/mol. The van der Waals surface area contributed by atoms with Gasteiger partial charge >= 0.3 is 0 Å². The Morgan fingerprint density at radius 2 is 1.54 bits per heavy atom. The minimum Gasteiger partial charge on any atom is -0.393 e. The van der Waals surface area contributed by atoms with Crippen molar-refractivity contribution in [3.63, 3.8) is 0 Å². The van der Waals surface area contributed by atoms with Crippen molar-refractivity contribution in [3.8, 4) is 0 Å². The summed E-state index contributed by atoms with van der Waals surface area (Å²) in [7, 11) is 0. The minimum atomic E-state index is -0.358. The molecular formula is C21H40O6S. The molecule has 166 valence electrons. The highest BCUT2D eigenvalue weighted by atomic mass is 32.2. The van der Waals surface area contributed by atoms with Gasteiger partial charge in [-0.2, -0.15) is 0 Å². The largest absolute Gasteiger partial charge is 0.393 e. The third-order valence-electron chi connectivity index (χ3n) is 4.90. The number of aliphatic hydroxyl groups excluding tert-OH is 1. The SMILES string of the molecule is CC(O)CC(C)(C)SOC1COC2C(OC(C)(C)CC(C)OC(C)C)COC12. The molecule has 7 heteroatoms. The summed E-state index contributed by atoms with van der Waals surface area (Å²) in [6.07, 6.45) is 1.00. The van der Waals surface area contributed by atoms with Crippen molar-refractivity contribution >= 4 is 12.0 Å². The van der Waals surface area contributed by atoms with E-state index in [1.807, 2.05) is 13.8 Å². The average molecular weight is 421 g/mol. The fourth-order valence-electron chi connectivity index (χ4n) is 4.21. The van der Waals surface area contributed by atoms with Crippen molar-refractivity contribution in [1.82, 2.24) is 0 Å². The van der Waals surface area contributed by atoms with Crippen LogP contribution in [-0.4, -0.2) is 71.4 Å². The van der Waals surface area contributed by atoms with E-state index in [4.69, 9.17) is 23.1 Å². The Morgan fingerprint density at radius 3 is 2.11 bits per heavy atom. The van der Waals surface area contributed by atoms with E-state index in [0.29, 0.717) is 19.6 Å². The van der Waals surface area contributed by atoms with Gasteiger partial charge < -0.3 is 28.2 Å². The molecule has 1 N–H and O–H groups in total. The smallest absolute Gasteiger partial charge is 0.124 e. The zero-order valence-electron chi connectivity index (χ0n) is 18.8. The van der Waals surface area contributed by atoms with Crippen LogP contribution in [0.25, 0.3) is 0 Å². The van der Waals surface area contributed by atoms with Gasteiger partial charge in [0.1, 0.15) is 24.4 Å². The summed E-state index contributed by atoms with van der Waals surface area (Å²) < 4.78 is 30.1. The maximum Gasteiger partial charge on any atom is 0.124 e. The second-order valence-corrected chi connectivity index (χ2v) is 11.2. The van der Waals surface area contributed by atoms with Gasteiger partial charge in [-0.3, -0.25) is 0 Å². The monoisotopic (exact) mass is 420 g/mol. The maximum atomic E-state index is 9.64. The zero-order valence-corrected chi connectivity index (χ0v) is 19.6. The van der Waals surface area contributed by atoms with Crippen molar-refractivity contribution in [2.24, 2.45) is 0 Å². The molecule has 0 bridgehead atoms. The molecule has 6 unspecified atom stereocenters. The van der Waals surface area contributed by atoms with E-state index in [1.54, 1.807) is 6.92 Å². The fourth-order valence-corrected chi connectivity index (χ4v) is 5.07. The van der Waals surface area contributed by atoms with Crippen LogP contribution in [0.15, 0.2) is 0 Å². The normalized spacial score (nSPS) is 30.6. The lowest BCUT2D eigenvalue weighted by atomic mass is 10.00. The molecule has 2 fully saturated rings. The summed E-state index contributed by atoms with van der Waals surface area (Å²) in [5, 5.41) is 9.64. The van der Waals surface area contributed by atoms with Crippen LogP contribution in [0.4, 0.5) is 0 Å². The van der Waals surface area contributed by atoms with Crippen molar-refractivity contribution in [1.29, 1.82) is 0 Å². The predicted octanol–water partition coefficient (Wildman–Crippen LogP) is 3.73. The van der Waals surface area contributed by atoms with E-state index < -0.39 is 0 Å². The molecule has 0 aromatic heterocycles. The topological polar surface area (TPSA) is 66.4 Å². The molecule has 2 aliphatic heterocycles. The molecule has 0 aromatic rings. The van der Waals surface area contributed by atoms with Gasteiger partial charge in [0, 0.05) is 11.2 Å². The number of rotatable bonds is 11. The van der Waals surface area contributed by atoms with Crippen LogP contribution >= 0.6 is 12.0 Å². The second kappa shape index (κ2) is 9.94. The summed E-state index contributed by atoms with van der Waals surface area (Å²) in [4.78, 5) is 0. The lowest BCUT2D eigenvalue weighted by molar-refractivity contribution is -0.133. The van der Waals surface area contributed by atoms with Gasteiger partial charge in [0.2, 0.25) is 0 Å². The fraction of sp³-hybridized carbons (Fsp3) is 1.00. The van der Waals surface area contributed by atoms with Gasteiger partial charge in [-0.25, -0.2) is 0 Å². The highest BCUT2D eigenvalue weighted by Gasteiger charge is 2.51. The molecule has 0 aliphatic carbocycles. The lowest BCUT2D eigenvalue weighted by Crippen LogP contribution is -2.41. The highest BCUT2D eigenvalue weighted by Crippen LogP contribution is 2.38. The summed E-state index contributed by atoms with van der Waals surface area (Å²) in [6.45, 7) is 17.3. The van der Waals surface area contributed by atoms with Gasteiger partial charge in [-0.15, -0.1) is 0 Å². The number of aliphatic hydroxyl groups is 1. The first kappa shape index (κ1) is 24.4. The first-order chi connectivity index (χ1) is 12.9. The third-order valence-corrected chi connectivity index (χ3v) is 5.86. The molecule has 0 radical (unpaired) electrons. The Morgan fingerprint density at radius 1 is 0.964 bits per heavy atom. The Kier molecular flexibility index (Phi) is 8.66. The Hall–Kier alpha value is 0.110. The van der Waals surface area contributed by atoms with Gasteiger partial charge in [-0.1, -0.05) is 0 Å². The molecule has 2 aliphatic rings. The van der Waals surface area contributed by atoms with Crippen LogP contribution < -0.4 is 0 Å². The van der Waals surface area contributed by atoms with E-state index in [1.165, 1.54) is 12.0 Å². The van der Waals surface area contributed by atoms with Crippen molar-refractivity contribution < 1.29 is 28.2 Å². The van der Waals surface area contributed by atoms with Crippen molar-refractivity contribution in [3.05, 3.63) is 0 Å². The summed E-state index contributed by atoms with van der Waals surface area (Å²) in [6, 6.07) is 0. The van der Waals surface area contributed by atoms with Crippen LogP contribution in [0.2, 0.25) is 0 Å². The summed E-state index contributed by atoms with van der Waals surface area (Å²) in [5.41, 5.74) is -0.326. The molecule has 0 amide bonds. The van der Waals surface area contributed by atoms with Crippen LogP contribution in [0, 0.1) is 0 Å². The van der Waals surface area contributed by atoms with Gasteiger partial charge in [0.05, 0.1) is 37.1 Å². The molecule has 6 nitrogen and oxygen atoms in total. The molecule has 6 atom stereocenters. The molecule has 0 aromatic carbocycles. The van der Waals surface area contributed by atoms with E-state index in [2.05, 4.69) is 34.6 Å². The first-order valence-electron chi connectivity index (χ1n) is 10.5. The number of hydrogen-bond acceptors (Lipinski definition) is 7. The van der Waals surface area contributed by atoms with E-state index in [9.17, 15) is 5.11 Å². The zero-order chi connectivity index (χ0) is 21.1. The predicted molar refractivity (Wildman–Crippen MR) is 112 cm³/mol. The molecule has 2 heterocycles. The van der Waals surface area contributed by atoms with Crippen molar-refractivity contribution in [2.75, 3.05) is 13.2 Å². The van der Waals surface area contributed by atoms with Gasteiger partial charge in [0.25, 0.3) is 0 Å². The quantitative estimate of drug-likeness (QED) is 0.511. The number of fused-ring (bicyclic) bond motifs is 1. The Balaban J connectivity index is 1.84. The summed E-state index contributed by atoms with van der Waals surface area (Å²) >= 11 is 1.40. The van der Waals surface area contributed by atoms with E-state index in [-0.39, 0.29) is 53.1 Å². The second-order valence-electron chi connectivity index (χ2n) is 9.74. The van der Waals surface area contributed by atoms with Crippen LogP contribution in [0.3, 0.4) is 0 Å². The highest BCUT2D eigenvalue weighted by molar-refractivity contribution is 7.96. The van der Waals surface area contributed by atoms with Gasteiger partial charge in [-0.05, 0) is 73.9 Å². The maximum absolute atomic E-state index is 9.64. The third kappa shape index (κ3) is 7.42. The minimum absolute atomic E-state index is 0.102. The lowest BCUT2D eigenvalue weighted by Gasteiger charge is -2.33. The first-order valence-corrected chi connectivity index (χ1v) is 11.2. The van der Waals surface area contributed by atoms with Crippen molar-refractivity contribution in [2.45, 2.75) is 121 Å². The van der Waals surface area contributed by atoms with Crippen LogP contribution in [0.5, 0.6) is 0 Å². The Labute approximate surface area is 175 Å². The van der Waals surface area contributed by atoms with E-state index >= 15 is 0 Å². The standard InChI is InChI=1S/C21H40O6S/c1-13(2)25-15(4)10-20(5,6)26-16-11-23-19-17(12-24-18(16)19)27-28-21(7,8)9-14(3)22/h13-19,22H,9-12H2,1-8H3. The number of hydrogen-bond donors (Lipinski definition) is 1. The molecule has 2 saturated heterocycles. The molecule has 28 heavy (non-hydrogen) atoms. The van der Waals surface area contributed by atoms with Crippen LogP contribution in [0.1, 0.15) is 68.2 Å². The number of ether oxygens (including phenoxy) is 4. The van der Waals surface area contributed by atoms with E-state index in [0.717, 1.165) is 6.42 Å².